The van der Waals surface area contributed by atoms with Crippen LogP contribution >= 0.6 is 11.6 Å². The Morgan fingerprint density at radius 1 is 1.19 bits per heavy atom. The van der Waals surface area contributed by atoms with Gasteiger partial charge in [0.1, 0.15) is 11.5 Å². The first kappa shape index (κ1) is 10.8. The van der Waals surface area contributed by atoms with Crippen LogP contribution in [0.2, 0.25) is 5.02 Å². The molecule has 0 spiro atoms. The number of anilines is 1. The van der Waals surface area contributed by atoms with E-state index in [-0.39, 0.29) is 0 Å². The second-order valence-electron chi connectivity index (χ2n) is 3.42. The summed E-state index contributed by atoms with van der Waals surface area (Å²) in [5.74, 6) is 1.39. The standard InChI is InChI=1S/C12H11ClN2O/c1-8-6-10(4-5-15-8)16-9-2-3-12(14)11(13)7-9/h2-7H,14H2,1H3. The van der Waals surface area contributed by atoms with Gasteiger partial charge in [0, 0.05) is 24.0 Å². The molecule has 0 fully saturated rings. The molecule has 0 aliphatic rings. The number of nitrogen functional groups attached to an aromatic ring is 1. The largest absolute Gasteiger partial charge is 0.457 e. The molecule has 1 aromatic carbocycles. The summed E-state index contributed by atoms with van der Waals surface area (Å²) in [5, 5.41) is 0.489. The molecule has 0 saturated carbocycles. The predicted octanol–water partition coefficient (Wildman–Crippen LogP) is 3.42. The summed E-state index contributed by atoms with van der Waals surface area (Å²) in [4.78, 5) is 4.09. The van der Waals surface area contributed by atoms with Crippen molar-refractivity contribution in [3.63, 3.8) is 0 Å². The van der Waals surface area contributed by atoms with Gasteiger partial charge >= 0.3 is 0 Å². The van der Waals surface area contributed by atoms with E-state index in [1.807, 2.05) is 13.0 Å². The lowest BCUT2D eigenvalue weighted by atomic mass is 10.3. The number of ether oxygens (including phenoxy) is 1. The van der Waals surface area contributed by atoms with E-state index >= 15 is 0 Å². The van der Waals surface area contributed by atoms with Crippen molar-refractivity contribution in [2.24, 2.45) is 0 Å². The van der Waals surface area contributed by atoms with E-state index in [2.05, 4.69) is 4.98 Å². The SMILES string of the molecule is Cc1cc(Oc2ccc(N)c(Cl)c2)ccn1. The van der Waals surface area contributed by atoms with Crippen LogP contribution in [0, 0.1) is 6.92 Å². The number of nitrogens with two attached hydrogens (primary N) is 1. The molecule has 1 heterocycles. The van der Waals surface area contributed by atoms with E-state index in [9.17, 15) is 0 Å². The highest BCUT2D eigenvalue weighted by molar-refractivity contribution is 6.33. The highest BCUT2D eigenvalue weighted by Gasteiger charge is 2.01. The topological polar surface area (TPSA) is 48.1 Å². The number of rotatable bonds is 2. The van der Waals surface area contributed by atoms with Crippen LogP contribution in [0.15, 0.2) is 36.5 Å². The van der Waals surface area contributed by atoms with Crippen LogP contribution in [0.4, 0.5) is 5.69 Å². The van der Waals surface area contributed by atoms with Crippen LogP contribution in [-0.2, 0) is 0 Å². The van der Waals surface area contributed by atoms with Gasteiger partial charge in [-0.1, -0.05) is 11.6 Å². The second-order valence-corrected chi connectivity index (χ2v) is 3.83. The lowest BCUT2D eigenvalue weighted by Gasteiger charge is -2.07. The number of benzene rings is 1. The molecule has 82 valence electrons. The molecule has 0 atom stereocenters. The lowest BCUT2D eigenvalue weighted by molar-refractivity contribution is 0.481. The Balaban J connectivity index is 2.24. The van der Waals surface area contributed by atoms with E-state index in [0.717, 1.165) is 11.4 Å². The van der Waals surface area contributed by atoms with Crippen LogP contribution in [-0.4, -0.2) is 4.98 Å². The highest BCUT2D eigenvalue weighted by atomic mass is 35.5. The van der Waals surface area contributed by atoms with Crippen molar-refractivity contribution in [2.75, 3.05) is 5.73 Å². The molecule has 0 radical (unpaired) electrons. The Kier molecular flexibility index (Phi) is 2.97. The van der Waals surface area contributed by atoms with Gasteiger partial charge in [-0.05, 0) is 25.1 Å². The highest BCUT2D eigenvalue weighted by Crippen LogP contribution is 2.27. The van der Waals surface area contributed by atoms with Crippen molar-refractivity contribution in [2.45, 2.75) is 6.92 Å². The number of hydrogen-bond donors (Lipinski definition) is 1. The van der Waals surface area contributed by atoms with Crippen molar-refractivity contribution < 1.29 is 4.74 Å². The maximum absolute atomic E-state index is 5.89. The Bertz CT molecular complexity index is 514. The van der Waals surface area contributed by atoms with E-state index in [1.54, 1.807) is 30.5 Å². The lowest BCUT2D eigenvalue weighted by Crippen LogP contribution is -1.89. The molecule has 16 heavy (non-hydrogen) atoms. The van der Waals surface area contributed by atoms with E-state index in [0.29, 0.717) is 16.5 Å². The van der Waals surface area contributed by atoms with Crippen LogP contribution in [0.3, 0.4) is 0 Å². The van der Waals surface area contributed by atoms with Crippen molar-refractivity contribution in [3.8, 4) is 11.5 Å². The minimum absolute atomic E-state index is 0.489. The Labute approximate surface area is 98.8 Å². The summed E-state index contributed by atoms with van der Waals surface area (Å²) >= 11 is 5.89. The molecular weight excluding hydrogens is 224 g/mol. The van der Waals surface area contributed by atoms with Gasteiger partial charge in [-0.25, -0.2) is 0 Å². The molecule has 0 unspecified atom stereocenters. The maximum Gasteiger partial charge on any atom is 0.130 e. The van der Waals surface area contributed by atoms with Gasteiger partial charge in [0.05, 0.1) is 10.7 Å². The first-order chi connectivity index (χ1) is 7.65. The van der Waals surface area contributed by atoms with Crippen molar-refractivity contribution in [3.05, 3.63) is 47.2 Å². The number of halogens is 1. The zero-order chi connectivity index (χ0) is 11.5. The molecule has 0 saturated heterocycles. The number of nitrogens with zero attached hydrogens (tertiary/aromatic N) is 1. The smallest absolute Gasteiger partial charge is 0.130 e. The fourth-order valence-corrected chi connectivity index (χ4v) is 1.46. The molecular formula is C12H11ClN2O. The van der Waals surface area contributed by atoms with Crippen LogP contribution in [0.25, 0.3) is 0 Å². The van der Waals surface area contributed by atoms with Crippen molar-refractivity contribution in [1.29, 1.82) is 0 Å². The number of aryl methyl sites for hydroxylation is 1. The molecule has 1 aromatic heterocycles. The molecule has 0 amide bonds. The average Bonchev–Trinajstić information content (AvgIpc) is 2.24. The number of pyridine rings is 1. The van der Waals surface area contributed by atoms with Crippen LogP contribution in [0.1, 0.15) is 5.69 Å². The number of hydrogen-bond acceptors (Lipinski definition) is 3. The quantitative estimate of drug-likeness (QED) is 0.810. The fourth-order valence-electron chi connectivity index (χ4n) is 1.29. The summed E-state index contributed by atoms with van der Waals surface area (Å²) in [6.07, 6.45) is 1.70. The van der Waals surface area contributed by atoms with Gasteiger partial charge < -0.3 is 10.5 Å². The van der Waals surface area contributed by atoms with Gasteiger partial charge in [-0.3, -0.25) is 4.98 Å². The molecule has 0 aliphatic heterocycles. The molecule has 2 aromatic rings. The minimum atomic E-state index is 0.489. The zero-order valence-corrected chi connectivity index (χ0v) is 9.53. The monoisotopic (exact) mass is 234 g/mol. The molecule has 0 aliphatic carbocycles. The first-order valence-corrected chi connectivity index (χ1v) is 5.18. The van der Waals surface area contributed by atoms with E-state index in [4.69, 9.17) is 22.1 Å². The zero-order valence-electron chi connectivity index (χ0n) is 8.77. The molecule has 4 heteroatoms. The normalized spacial score (nSPS) is 10.1. The molecule has 0 bridgehead atoms. The summed E-state index contributed by atoms with van der Waals surface area (Å²) in [6, 6.07) is 8.82. The summed E-state index contributed by atoms with van der Waals surface area (Å²) in [5.41, 5.74) is 7.05. The molecule has 2 rings (SSSR count). The third-order valence-electron chi connectivity index (χ3n) is 2.08. The summed E-state index contributed by atoms with van der Waals surface area (Å²) < 4.78 is 5.62. The van der Waals surface area contributed by atoms with Crippen molar-refractivity contribution in [1.82, 2.24) is 4.98 Å². The predicted molar refractivity (Wildman–Crippen MR) is 64.9 cm³/mol. The van der Waals surface area contributed by atoms with Gasteiger partial charge in [-0.15, -0.1) is 0 Å². The first-order valence-electron chi connectivity index (χ1n) is 4.81. The van der Waals surface area contributed by atoms with Crippen molar-refractivity contribution >= 4 is 17.3 Å². The Morgan fingerprint density at radius 2 is 1.94 bits per heavy atom. The summed E-state index contributed by atoms with van der Waals surface area (Å²) in [6.45, 7) is 1.91. The third kappa shape index (κ3) is 2.44. The maximum atomic E-state index is 5.89. The fraction of sp³-hybridized carbons (Fsp3) is 0.0833. The van der Waals surface area contributed by atoms with Gasteiger partial charge in [-0.2, -0.15) is 0 Å². The Morgan fingerprint density at radius 3 is 2.62 bits per heavy atom. The molecule has 2 N–H and O–H groups in total. The third-order valence-corrected chi connectivity index (χ3v) is 2.40. The second kappa shape index (κ2) is 4.41. The van der Waals surface area contributed by atoms with Gasteiger partial charge in [0.25, 0.3) is 0 Å². The minimum Gasteiger partial charge on any atom is -0.457 e. The number of aromatic nitrogens is 1. The van der Waals surface area contributed by atoms with Crippen LogP contribution in [0.5, 0.6) is 11.5 Å². The van der Waals surface area contributed by atoms with Gasteiger partial charge in [0.2, 0.25) is 0 Å². The Hall–Kier alpha value is -1.74. The van der Waals surface area contributed by atoms with Gasteiger partial charge in [0.15, 0.2) is 0 Å². The van der Waals surface area contributed by atoms with Crippen LogP contribution < -0.4 is 10.5 Å². The van der Waals surface area contributed by atoms with E-state index < -0.39 is 0 Å². The molecule has 3 nitrogen and oxygen atoms in total. The summed E-state index contributed by atoms with van der Waals surface area (Å²) in [7, 11) is 0. The average molecular weight is 235 g/mol. The van der Waals surface area contributed by atoms with E-state index in [1.165, 1.54) is 0 Å².